The molecule has 0 atom stereocenters. The molecule has 0 heterocycles. The predicted molar refractivity (Wildman–Crippen MR) is 605 cm³/mol. The fourth-order valence-electron chi connectivity index (χ4n) is 27.6. The van der Waals surface area contributed by atoms with E-state index in [0.29, 0.717) is 0 Å². The van der Waals surface area contributed by atoms with Gasteiger partial charge in [-0.25, -0.2) is 0 Å². The molecular weight excluding hydrogens is 1730 g/mol. The molecule has 0 nitrogen and oxygen atoms in total. The van der Waals surface area contributed by atoms with Crippen molar-refractivity contribution in [2.24, 2.45) is 0 Å². The SMILES string of the molecule is C1=Cc2c(ccc3c2-c2ccccc2C3)C1.C1=Cc2c(ccc3c2Cc2ccccc2-3)C1.C1=Cc2cc3c(cc2C1)-c1ccccc1C3.C1=Cc2cc3c(cc2C1)Cc1ccccc1-3.C1=Cc2ccc3c(c2C1)-c1ccccc1C3.C1=Cc2ccc3c(c2C1)Cc1ccccc1-3.c1ccc2c(c1)Cc1c-2ccc2c1CCC2.c1ccc2c(c1)Cc1cc3c(cc1-2)CCC3.c1ccc2c(c1)Cc1ccc3c(c1-2)CCC3. The molecule has 18 aliphatic rings. The first-order valence-electron chi connectivity index (χ1n) is 53.4. The average molecular weight is 1840 g/mol. The Labute approximate surface area is 848 Å². The van der Waals surface area contributed by atoms with Crippen molar-refractivity contribution in [3.05, 3.63) is 564 Å². The van der Waals surface area contributed by atoms with Crippen molar-refractivity contribution in [2.75, 3.05) is 0 Å². The van der Waals surface area contributed by atoms with Gasteiger partial charge in [-0.3, -0.25) is 0 Å². The summed E-state index contributed by atoms with van der Waals surface area (Å²) in [7, 11) is 0. The van der Waals surface area contributed by atoms with Crippen LogP contribution in [0.25, 0.3) is 137 Å². The largest absolute Gasteiger partial charge is 0.0795 e. The third kappa shape index (κ3) is 15.4. The van der Waals surface area contributed by atoms with Gasteiger partial charge in [0.1, 0.15) is 0 Å². The Kier molecular flexibility index (Phi) is 21.8. The molecule has 0 fully saturated rings. The first-order chi connectivity index (χ1) is 71.3. The lowest BCUT2D eigenvalue weighted by Gasteiger charge is -2.08. The third-order valence-corrected chi connectivity index (χ3v) is 34.4. The van der Waals surface area contributed by atoms with Crippen LogP contribution in [0.4, 0.5) is 0 Å². The molecule has 144 heavy (non-hydrogen) atoms. The highest BCUT2D eigenvalue weighted by Gasteiger charge is 2.33. The number of hydrogen-bond donors (Lipinski definition) is 0. The van der Waals surface area contributed by atoms with Crippen LogP contribution in [0, 0.1) is 0 Å². The summed E-state index contributed by atoms with van der Waals surface area (Å²) in [4.78, 5) is 0. The zero-order chi connectivity index (χ0) is 94.8. The van der Waals surface area contributed by atoms with Crippen LogP contribution in [-0.2, 0) is 135 Å². The molecular formula is C144H114. The minimum atomic E-state index is 1.10. The Bertz CT molecular complexity index is 8420. The summed E-state index contributed by atoms with van der Waals surface area (Å²) in [6.45, 7) is 0. The number of hydrogen-bond acceptors (Lipinski definition) is 0. The molecule has 0 bridgehead atoms. The number of allylic oxidation sites excluding steroid dienone is 6. The molecule has 36 rings (SSSR count). The van der Waals surface area contributed by atoms with Gasteiger partial charge in [-0.2, -0.15) is 0 Å². The molecule has 0 heteroatoms. The molecule has 0 aliphatic heterocycles. The van der Waals surface area contributed by atoms with Gasteiger partial charge < -0.3 is 0 Å². The highest BCUT2D eigenvalue weighted by atomic mass is 14.4. The quantitative estimate of drug-likeness (QED) is 0.142. The lowest BCUT2D eigenvalue weighted by Crippen LogP contribution is -1.91. The van der Waals surface area contributed by atoms with Crippen molar-refractivity contribution in [2.45, 2.75) is 154 Å². The van der Waals surface area contributed by atoms with E-state index in [4.69, 9.17) is 0 Å². The van der Waals surface area contributed by atoms with Crippen LogP contribution >= 0.6 is 0 Å². The second-order valence-corrected chi connectivity index (χ2v) is 42.5. The monoisotopic (exact) mass is 1840 g/mol. The zero-order valence-electron chi connectivity index (χ0n) is 82.1. The van der Waals surface area contributed by atoms with Crippen LogP contribution in [0.3, 0.4) is 0 Å². The van der Waals surface area contributed by atoms with Crippen molar-refractivity contribution in [3.8, 4) is 100 Å². The molecule has 0 unspecified atom stereocenters. The summed E-state index contributed by atoms with van der Waals surface area (Å²) < 4.78 is 0. The Morgan fingerprint density at radius 2 is 0.424 bits per heavy atom. The van der Waals surface area contributed by atoms with Gasteiger partial charge in [-0.1, -0.05) is 388 Å². The number of benzene rings is 18. The van der Waals surface area contributed by atoms with Crippen LogP contribution < -0.4 is 0 Å². The molecule has 0 spiro atoms. The molecule has 0 amide bonds. The van der Waals surface area contributed by atoms with Crippen LogP contribution in [-0.4, -0.2) is 0 Å². The van der Waals surface area contributed by atoms with E-state index in [2.05, 4.69) is 400 Å². The topological polar surface area (TPSA) is 0 Å². The second kappa shape index (κ2) is 36.4. The maximum atomic E-state index is 2.46. The minimum absolute atomic E-state index is 1.10. The Morgan fingerprint density at radius 1 is 0.125 bits per heavy atom. The van der Waals surface area contributed by atoms with Gasteiger partial charge in [0.15, 0.2) is 0 Å². The molecule has 0 saturated heterocycles. The molecule has 0 radical (unpaired) electrons. The second-order valence-electron chi connectivity index (χ2n) is 42.5. The van der Waals surface area contributed by atoms with Crippen molar-refractivity contribution in [1.29, 1.82) is 0 Å². The Balaban J connectivity index is 0.0000000788. The third-order valence-electron chi connectivity index (χ3n) is 34.4. The highest BCUT2D eigenvalue weighted by Crippen LogP contribution is 2.51. The molecule has 18 aromatic rings. The maximum absolute atomic E-state index is 2.46. The van der Waals surface area contributed by atoms with E-state index in [9.17, 15) is 0 Å². The molecule has 18 aromatic carbocycles. The molecule has 0 aromatic heterocycles. The van der Waals surface area contributed by atoms with Crippen molar-refractivity contribution >= 4 is 36.5 Å². The van der Waals surface area contributed by atoms with E-state index < -0.39 is 0 Å². The predicted octanol–water partition coefficient (Wildman–Crippen LogP) is 34.2. The molecule has 0 N–H and O–H groups in total. The first-order valence-corrected chi connectivity index (χ1v) is 53.4. The summed E-state index contributed by atoms with van der Waals surface area (Å²) in [5, 5.41) is 0. The average Bonchev–Trinajstić information content (AvgIpc) is 1.60. The van der Waals surface area contributed by atoms with E-state index in [1.54, 1.807) is 66.8 Å². The standard InChI is InChI=1S/C16H14.2C16H12.C16H14.2C16H12.C16H14.2C16H12/c3*1-2-7-15-13(4-1)9-14-8-11-5-3-6-12(11)10-16(14)15;3*1-2-6-15-12(4-1)10-13-9-8-11-5-3-7-14(11)16(13)15;3*1-2-6-14-12(4-1)10-16-13-7-3-5-11(13)8-9-15(14)16/h1-2,4,7-8,10H,3,5-6,9H2;1-4,6-8,10H,5,9H2;1-5,7-8,10H,6,9H2;1-2,4,6,8-9H,3,5,7,10H2;1-4,6-9H,5,10H2;1-6,8-9H,7,10H2;1-2,4,6,8-9H,3,5,7,10H2;1-4,6-9H,5,10H2;1-6,8-9H,7,10H2. The van der Waals surface area contributed by atoms with E-state index >= 15 is 0 Å². The van der Waals surface area contributed by atoms with Crippen LogP contribution in [0.5, 0.6) is 0 Å². The number of aryl methyl sites for hydroxylation is 4. The van der Waals surface area contributed by atoms with Crippen LogP contribution in [0.15, 0.2) is 364 Å². The maximum Gasteiger partial charge on any atom is -0.000740 e. The fraction of sp³-hybridized carbons (Fsp3) is 0.167. The normalized spacial score (nSPS) is 15.1. The summed E-state index contributed by atoms with van der Waals surface area (Å²) >= 11 is 0. The number of rotatable bonds is 0. The van der Waals surface area contributed by atoms with Gasteiger partial charge in [0, 0.05) is 0 Å². The van der Waals surface area contributed by atoms with Crippen LogP contribution in [0.1, 0.15) is 220 Å². The van der Waals surface area contributed by atoms with Gasteiger partial charge in [-0.05, 0) is 467 Å². The van der Waals surface area contributed by atoms with Gasteiger partial charge in [0.05, 0.1) is 0 Å². The van der Waals surface area contributed by atoms with Gasteiger partial charge in [-0.15, -0.1) is 0 Å². The Morgan fingerprint density at radius 3 is 0.986 bits per heavy atom. The van der Waals surface area contributed by atoms with Crippen molar-refractivity contribution in [1.82, 2.24) is 0 Å². The zero-order valence-corrected chi connectivity index (χ0v) is 82.1. The van der Waals surface area contributed by atoms with E-state index in [0.717, 1.165) is 96.3 Å². The van der Waals surface area contributed by atoms with Crippen molar-refractivity contribution < 1.29 is 0 Å². The summed E-state index contributed by atoms with van der Waals surface area (Å²) in [6.07, 6.45) is 55.7. The van der Waals surface area contributed by atoms with Gasteiger partial charge in [0.25, 0.3) is 0 Å². The first kappa shape index (κ1) is 86.3. The lowest BCUT2D eigenvalue weighted by molar-refractivity contribution is 0.908. The summed E-state index contributed by atoms with van der Waals surface area (Å²) in [6, 6.07) is 121. The smallest absolute Gasteiger partial charge is 0.000740 e. The Hall–Kier alpha value is -15.6. The summed E-state index contributed by atoms with van der Waals surface area (Å²) in [5.74, 6) is 0. The van der Waals surface area contributed by atoms with E-state index in [1.165, 1.54) is 291 Å². The van der Waals surface area contributed by atoms with E-state index in [-0.39, 0.29) is 0 Å². The van der Waals surface area contributed by atoms with E-state index in [1.807, 2.05) is 0 Å². The van der Waals surface area contributed by atoms with Gasteiger partial charge >= 0.3 is 0 Å². The minimum Gasteiger partial charge on any atom is -0.0795 e. The molecule has 690 valence electrons. The fourth-order valence-corrected chi connectivity index (χ4v) is 27.6. The number of fused-ring (bicyclic) bond motifs is 42. The molecule has 0 saturated carbocycles. The van der Waals surface area contributed by atoms with Gasteiger partial charge in [0.2, 0.25) is 0 Å². The van der Waals surface area contributed by atoms with Crippen molar-refractivity contribution in [3.63, 3.8) is 0 Å². The van der Waals surface area contributed by atoms with Crippen LogP contribution in [0.2, 0.25) is 0 Å². The summed E-state index contributed by atoms with van der Waals surface area (Å²) in [5.41, 5.74) is 81.0. The highest BCUT2D eigenvalue weighted by molar-refractivity contribution is 5.91. The lowest BCUT2D eigenvalue weighted by atomic mass is 9.96. The molecule has 18 aliphatic carbocycles.